The molecule has 0 bridgehead atoms. The Morgan fingerprint density at radius 3 is 2.71 bits per heavy atom. The summed E-state index contributed by atoms with van der Waals surface area (Å²) in [6.45, 7) is 4.73. The summed E-state index contributed by atoms with van der Waals surface area (Å²) in [7, 11) is 3.32. The Bertz CT molecular complexity index is 1360. The highest BCUT2D eigenvalue weighted by molar-refractivity contribution is 5.86. The van der Waals surface area contributed by atoms with E-state index in [2.05, 4.69) is 39.7 Å². The van der Waals surface area contributed by atoms with Gasteiger partial charge >= 0.3 is 0 Å². The quantitative estimate of drug-likeness (QED) is 0.372. The minimum absolute atomic E-state index is 0.00242. The van der Waals surface area contributed by atoms with Crippen molar-refractivity contribution >= 4 is 16.6 Å². The third-order valence-electron chi connectivity index (χ3n) is 6.65. The summed E-state index contributed by atoms with van der Waals surface area (Å²) in [6.07, 6.45) is 0.934. The predicted octanol–water partition coefficient (Wildman–Crippen LogP) is 3.98. The van der Waals surface area contributed by atoms with Crippen molar-refractivity contribution in [3.05, 3.63) is 75.4 Å². The molecule has 9 nitrogen and oxygen atoms in total. The number of rotatable bonds is 6. The molecule has 0 radical (unpaired) electrons. The van der Waals surface area contributed by atoms with E-state index in [1.807, 2.05) is 12.1 Å². The average Bonchev–Trinajstić information content (AvgIpc) is 3.34. The number of hydrogen-bond acceptors (Lipinski definition) is 7. The Morgan fingerprint density at radius 2 is 2.00 bits per heavy atom. The molecule has 0 amide bonds. The molecule has 9 heteroatoms. The summed E-state index contributed by atoms with van der Waals surface area (Å²) in [5.41, 5.74) is 6.81. The fraction of sp³-hybridized carbons (Fsp3) is 0.320. The van der Waals surface area contributed by atoms with E-state index in [0.29, 0.717) is 17.9 Å². The van der Waals surface area contributed by atoms with E-state index in [0.717, 1.165) is 46.8 Å². The number of fused-ring (bicyclic) bond motifs is 3. The topological polar surface area (TPSA) is 111 Å². The zero-order valence-corrected chi connectivity index (χ0v) is 19.7. The smallest absolute Gasteiger partial charge is 0.123 e. The molecular weight excluding hydrogens is 434 g/mol. The number of H-pyrrole nitrogens is 1. The molecule has 2 aromatic heterocycles. The van der Waals surface area contributed by atoms with Crippen LogP contribution in [-0.4, -0.2) is 40.7 Å². The molecule has 1 aliphatic rings. The highest BCUT2D eigenvalue weighted by Gasteiger charge is 2.26. The number of nitrogens with zero attached hydrogens (tertiary/aromatic N) is 3. The van der Waals surface area contributed by atoms with Gasteiger partial charge in [0.1, 0.15) is 11.5 Å². The van der Waals surface area contributed by atoms with Gasteiger partial charge in [0.15, 0.2) is 0 Å². The third-order valence-corrected chi connectivity index (χ3v) is 6.65. The van der Waals surface area contributed by atoms with Crippen molar-refractivity contribution in [3.8, 4) is 11.5 Å². The van der Waals surface area contributed by atoms with Crippen LogP contribution in [0.1, 0.15) is 39.8 Å². The maximum atomic E-state index is 11.5. The van der Waals surface area contributed by atoms with Gasteiger partial charge in [0.2, 0.25) is 0 Å². The van der Waals surface area contributed by atoms with Crippen LogP contribution < -0.4 is 20.0 Å². The Hall–Kier alpha value is -3.53. The molecule has 34 heavy (non-hydrogen) atoms. The predicted molar refractivity (Wildman–Crippen MR) is 130 cm³/mol. The van der Waals surface area contributed by atoms with Gasteiger partial charge < -0.3 is 30.2 Å². The molecule has 178 valence electrons. The molecule has 1 atom stereocenters. The van der Waals surface area contributed by atoms with Crippen LogP contribution in [0.2, 0.25) is 0 Å². The fourth-order valence-corrected chi connectivity index (χ4v) is 5.00. The van der Waals surface area contributed by atoms with Gasteiger partial charge in [-0.25, -0.2) is 0 Å². The number of aromatic amines is 1. The summed E-state index contributed by atoms with van der Waals surface area (Å²) in [4.78, 5) is 3.61. The van der Waals surface area contributed by atoms with Crippen molar-refractivity contribution in [1.29, 1.82) is 0 Å². The van der Waals surface area contributed by atoms with Gasteiger partial charge in [0.05, 0.1) is 43.9 Å². The zero-order valence-electron chi connectivity index (χ0n) is 19.7. The van der Waals surface area contributed by atoms with Crippen LogP contribution in [0.4, 0.5) is 5.69 Å². The van der Waals surface area contributed by atoms with Gasteiger partial charge in [0.25, 0.3) is 0 Å². The van der Waals surface area contributed by atoms with Gasteiger partial charge in [-0.3, -0.25) is 9.89 Å². The lowest BCUT2D eigenvalue weighted by atomic mass is 9.93. The molecule has 3 N–H and O–H groups in total. The SMILES string of the molecule is COc1ccc2[nH]c3c(c2c1)CCNC3c1ccc(OC)c(Cn2nc(C)c(N([O-])O)c2C)c1. The number of benzene rings is 2. The van der Waals surface area contributed by atoms with Crippen LogP contribution in [0.5, 0.6) is 11.5 Å². The van der Waals surface area contributed by atoms with Crippen molar-refractivity contribution in [3.63, 3.8) is 0 Å². The molecule has 5 rings (SSSR count). The average molecular weight is 463 g/mol. The van der Waals surface area contributed by atoms with E-state index in [9.17, 15) is 10.4 Å². The summed E-state index contributed by atoms with van der Waals surface area (Å²) in [5, 5.41) is 30.1. The summed E-state index contributed by atoms with van der Waals surface area (Å²) < 4.78 is 12.8. The number of methoxy groups -OCH3 is 2. The molecule has 2 aromatic carbocycles. The maximum Gasteiger partial charge on any atom is 0.123 e. The largest absolute Gasteiger partial charge is 0.733 e. The van der Waals surface area contributed by atoms with Crippen LogP contribution in [0, 0.1) is 19.1 Å². The van der Waals surface area contributed by atoms with Crippen molar-refractivity contribution in [2.45, 2.75) is 32.9 Å². The van der Waals surface area contributed by atoms with E-state index >= 15 is 0 Å². The molecule has 4 aromatic rings. The Balaban J connectivity index is 1.55. The maximum absolute atomic E-state index is 11.5. The second kappa shape index (κ2) is 8.68. The Labute approximate surface area is 197 Å². The number of aromatic nitrogens is 3. The van der Waals surface area contributed by atoms with Crippen molar-refractivity contribution < 1.29 is 14.7 Å². The van der Waals surface area contributed by atoms with Gasteiger partial charge in [-0.05, 0) is 61.7 Å². The van der Waals surface area contributed by atoms with Crippen LogP contribution >= 0.6 is 0 Å². The number of anilines is 1. The summed E-state index contributed by atoms with van der Waals surface area (Å²) >= 11 is 0. The normalized spacial score (nSPS) is 15.4. The van der Waals surface area contributed by atoms with Crippen LogP contribution in [0.3, 0.4) is 0 Å². The second-order valence-electron chi connectivity index (χ2n) is 8.59. The van der Waals surface area contributed by atoms with Gasteiger partial charge in [-0.1, -0.05) is 6.07 Å². The van der Waals surface area contributed by atoms with E-state index in [1.54, 1.807) is 32.7 Å². The lowest BCUT2D eigenvalue weighted by Crippen LogP contribution is -2.30. The molecule has 0 saturated heterocycles. The highest BCUT2D eigenvalue weighted by Crippen LogP contribution is 2.36. The fourth-order valence-electron chi connectivity index (χ4n) is 5.00. The molecule has 0 aliphatic carbocycles. The first-order valence-corrected chi connectivity index (χ1v) is 11.2. The molecule has 1 aliphatic heterocycles. The van der Waals surface area contributed by atoms with Crippen molar-refractivity contribution in [2.75, 3.05) is 26.0 Å². The van der Waals surface area contributed by atoms with E-state index in [1.165, 1.54) is 10.9 Å². The van der Waals surface area contributed by atoms with Crippen molar-refractivity contribution in [2.24, 2.45) is 0 Å². The summed E-state index contributed by atoms with van der Waals surface area (Å²) in [5.74, 6) is 1.58. The Morgan fingerprint density at radius 1 is 1.18 bits per heavy atom. The monoisotopic (exact) mass is 462 g/mol. The highest BCUT2D eigenvalue weighted by atomic mass is 16.8. The van der Waals surface area contributed by atoms with E-state index in [-0.39, 0.29) is 17.0 Å². The minimum Gasteiger partial charge on any atom is -0.733 e. The van der Waals surface area contributed by atoms with Crippen LogP contribution in [0.15, 0.2) is 36.4 Å². The van der Waals surface area contributed by atoms with Crippen molar-refractivity contribution in [1.82, 2.24) is 20.1 Å². The number of aryl methyl sites for hydroxylation is 1. The van der Waals surface area contributed by atoms with Gasteiger partial charge in [0, 0.05) is 28.7 Å². The van der Waals surface area contributed by atoms with Crippen LogP contribution in [-0.2, 0) is 13.0 Å². The first kappa shape index (κ1) is 22.3. The molecule has 3 heterocycles. The van der Waals surface area contributed by atoms with E-state index < -0.39 is 0 Å². The van der Waals surface area contributed by atoms with Gasteiger partial charge in [-0.2, -0.15) is 5.10 Å². The number of nitrogens with one attached hydrogen (secondary N) is 2. The third kappa shape index (κ3) is 3.67. The number of hydrogen-bond donors (Lipinski definition) is 3. The minimum atomic E-state index is -0.125. The zero-order chi connectivity index (χ0) is 24.0. The first-order valence-electron chi connectivity index (χ1n) is 11.2. The lowest BCUT2D eigenvalue weighted by molar-refractivity contribution is 0.295. The van der Waals surface area contributed by atoms with Gasteiger partial charge in [-0.15, -0.1) is 0 Å². The second-order valence-corrected chi connectivity index (χ2v) is 8.59. The lowest BCUT2D eigenvalue weighted by Gasteiger charge is -2.26. The van der Waals surface area contributed by atoms with E-state index in [4.69, 9.17) is 9.47 Å². The molecule has 0 fully saturated rings. The molecular formula is C25H28N5O4-. The summed E-state index contributed by atoms with van der Waals surface area (Å²) in [6, 6.07) is 12.3. The molecule has 0 spiro atoms. The Kier molecular flexibility index (Phi) is 5.68. The molecule has 0 saturated carbocycles. The van der Waals surface area contributed by atoms with Crippen LogP contribution in [0.25, 0.3) is 10.9 Å². The standard InChI is InChI=1S/C25H28N5O4/c1-14-25(30(31)32)15(2)29(28-14)13-17-11-16(5-8-22(17)34-4)23-24-19(9-10-26-23)20-12-18(33-3)6-7-21(20)27-24/h5-8,11-12,23,26-27,31H,9-10,13H2,1-4H3/q-1. The first-order chi connectivity index (χ1) is 16.4. The number of ether oxygens (including phenoxy) is 2. The molecule has 1 unspecified atom stereocenters.